The molecule has 0 radical (unpaired) electrons. The van der Waals surface area contributed by atoms with Crippen LogP contribution in [-0.2, 0) is 33.3 Å². The Kier molecular flexibility index (Phi) is 70.4. The molecule has 0 fully saturated rings. The molecule has 0 rings (SSSR count). The van der Waals surface area contributed by atoms with E-state index in [4.69, 9.17) is 18.9 Å². The Labute approximate surface area is 565 Å². The van der Waals surface area contributed by atoms with Crippen molar-refractivity contribution in [2.24, 2.45) is 0 Å². The molecule has 0 amide bonds. The van der Waals surface area contributed by atoms with E-state index in [-0.39, 0.29) is 32.2 Å². The summed E-state index contributed by atoms with van der Waals surface area (Å²) in [6, 6.07) is 0. The summed E-state index contributed by atoms with van der Waals surface area (Å²) in [5, 5.41) is 11.9. The number of ether oxygens (including phenoxy) is 4. The number of rotatable bonds is 74. The third-order valence-electron chi connectivity index (χ3n) is 17.7. The monoisotopic (exact) mass is 1280 g/mol. The van der Waals surface area contributed by atoms with E-state index < -0.39 is 24.3 Å². The van der Waals surface area contributed by atoms with Gasteiger partial charge in [-0.25, -0.2) is 0 Å². The summed E-state index contributed by atoms with van der Waals surface area (Å²) < 4.78 is 22.9. The second-order valence-electron chi connectivity index (χ2n) is 28.0. The zero-order valence-electron chi connectivity index (χ0n) is 61.0. The van der Waals surface area contributed by atoms with Crippen molar-refractivity contribution in [3.8, 4) is 0 Å². The molecule has 532 valence electrons. The Morgan fingerprint density at radius 3 is 0.945 bits per heavy atom. The number of quaternary nitrogens is 1. The fourth-order valence-electron chi connectivity index (χ4n) is 11.8. The highest BCUT2D eigenvalue weighted by molar-refractivity contribution is 5.70. The van der Waals surface area contributed by atoms with Crippen LogP contribution in [0.2, 0.25) is 0 Å². The highest BCUT2D eigenvalue weighted by Gasteiger charge is 2.22. The van der Waals surface area contributed by atoms with Crippen LogP contribution < -0.4 is 5.11 Å². The van der Waals surface area contributed by atoms with Crippen LogP contribution >= 0.6 is 0 Å². The molecular weight excluding hydrogens is 1130 g/mol. The third kappa shape index (κ3) is 74.3. The number of carboxylic acids is 1. The van der Waals surface area contributed by atoms with Gasteiger partial charge in [0.1, 0.15) is 13.2 Å². The number of aliphatic carboxylic acids is 1. The number of carboxylic acid groups (broad SMARTS) is 1. The first-order valence-corrected chi connectivity index (χ1v) is 39.4. The fourth-order valence-corrected chi connectivity index (χ4v) is 11.8. The van der Waals surface area contributed by atoms with E-state index in [2.05, 4.69) is 74.6 Å². The van der Waals surface area contributed by atoms with Crippen LogP contribution in [0, 0.1) is 0 Å². The number of hydrogen-bond acceptors (Lipinski definition) is 8. The molecule has 9 heteroatoms. The van der Waals surface area contributed by atoms with E-state index >= 15 is 0 Å². The Morgan fingerprint density at radius 2 is 0.626 bits per heavy atom. The maximum Gasteiger partial charge on any atom is 0.306 e. The number of carbonyl (C=O) groups excluding carboxylic acids is 3. The maximum atomic E-state index is 13.0. The summed E-state index contributed by atoms with van der Waals surface area (Å²) in [6.07, 6.45) is 93.5. The normalized spacial score (nSPS) is 12.9. The van der Waals surface area contributed by atoms with Gasteiger partial charge in [-0.2, -0.15) is 0 Å². The predicted molar refractivity (Wildman–Crippen MR) is 389 cm³/mol. The van der Waals surface area contributed by atoms with Crippen molar-refractivity contribution in [2.45, 2.75) is 399 Å². The van der Waals surface area contributed by atoms with E-state index in [1.165, 1.54) is 295 Å². The number of likely N-dealkylation sites (N-methyl/N-ethyl adjacent to an activating group) is 1. The Morgan fingerprint density at radius 1 is 0.341 bits per heavy atom. The van der Waals surface area contributed by atoms with Crippen LogP contribution in [0.1, 0.15) is 386 Å². The Hall–Kier alpha value is -3.01. The summed E-state index contributed by atoms with van der Waals surface area (Å²) in [5.41, 5.74) is 0. The van der Waals surface area contributed by atoms with Crippen LogP contribution in [0.25, 0.3) is 0 Å². The van der Waals surface area contributed by atoms with Gasteiger partial charge in [0.05, 0.1) is 40.3 Å². The van der Waals surface area contributed by atoms with Gasteiger partial charge in [-0.1, -0.05) is 357 Å². The van der Waals surface area contributed by atoms with Gasteiger partial charge in [0.25, 0.3) is 0 Å². The lowest BCUT2D eigenvalue weighted by atomic mass is 10.0. The summed E-state index contributed by atoms with van der Waals surface area (Å²) in [5.74, 6) is -2.25. The average molecular weight is 1280 g/mol. The molecule has 0 heterocycles. The molecule has 2 unspecified atom stereocenters. The molecule has 0 N–H and O–H groups in total. The minimum atomic E-state index is -1.62. The molecule has 0 bridgehead atoms. The quantitative estimate of drug-likeness (QED) is 0.0195. The van der Waals surface area contributed by atoms with Crippen molar-refractivity contribution in [3.63, 3.8) is 0 Å². The van der Waals surface area contributed by atoms with Gasteiger partial charge in [0, 0.05) is 12.8 Å². The molecule has 91 heavy (non-hydrogen) atoms. The minimum Gasteiger partial charge on any atom is -0.545 e. The van der Waals surface area contributed by atoms with E-state index in [1.807, 2.05) is 21.1 Å². The lowest BCUT2D eigenvalue weighted by Gasteiger charge is -2.26. The van der Waals surface area contributed by atoms with E-state index in [9.17, 15) is 19.5 Å². The summed E-state index contributed by atoms with van der Waals surface area (Å²) >= 11 is 0. The maximum absolute atomic E-state index is 13.0. The first-order chi connectivity index (χ1) is 44.6. The Balaban J connectivity index is 3.96. The standard InChI is InChI=1S/C82H151NO8/c1-6-8-10-12-14-16-18-20-22-24-26-28-30-32-34-35-36-37-38-39-40-41-42-43-44-45-47-49-51-53-55-57-59-61-63-65-67-69-71-73-80(85)91-78(77-90-82(81(86)87)88-75-74-83(3,4)5)76-89-79(84)72-70-68-66-64-62-60-58-56-54-52-50-48-46-33-31-29-27-25-23-21-19-17-15-13-11-9-7-2/h8,10,14,16,20,22,25-28,78,82H,6-7,9,11-13,15,17-19,21,23-24,29-77H2,1-5H3/b10-8-,16-14-,22-20-,27-25-,28-26-. The van der Waals surface area contributed by atoms with Gasteiger partial charge < -0.3 is 33.3 Å². The second-order valence-corrected chi connectivity index (χ2v) is 28.0. The Bertz CT molecular complexity index is 1680. The van der Waals surface area contributed by atoms with E-state index in [1.54, 1.807) is 0 Å². The first-order valence-electron chi connectivity index (χ1n) is 39.4. The van der Waals surface area contributed by atoms with Crippen LogP contribution in [-0.4, -0.2) is 82.3 Å². The number of carbonyl (C=O) groups is 3. The van der Waals surface area contributed by atoms with Gasteiger partial charge in [-0.05, 0) is 77.0 Å². The lowest BCUT2D eigenvalue weighted by molar-refractivity contribution is -0.870. The number of nitrogens with zero attached hydrogens (tertiary/aromatic N) is 1. The molecule has 0 saturated heterocycles. The number of allylic oxidation sites excluding steroid dienone is 10. The molecule has 0 spiro atoms. The minimum absolute atomic E-state index is 0.150. The SMILES string of the molecule is CC/C=C\C/C=C\C/C=C\C/C=C\CCCCCCCCCCCCCCCCCCCCCCCCCCCCC(=O)OC(COC(=O)CCCCCCCCCCCCCCCCC/C=C\CCCCCCCCCC)COC(OCC[N+](C)(C)C)C(=O)[O-]. The van der Waals surface area contributed by atoms with Gasteiger partial charge in [-0.3, -0.25) is 9.59 Å². The van der Waals surface area contributed by atoms with Crippen molar-refractivity contribution in [2.75, 3.05) is 47.5 Å². The molecule has 2 atom stereocenters. The van der Waals surface area contributed by atoms with Crippen molar-refractivity contribution in [1.82, 2.24) is 0 Å². The molecular formula is C82H151NO8. The number of unbranched alkanes of at least 4 members (excludes halogenated alkanes) is 49. The summed E-state index contributed by atoms with van der Waals surface area (Å²) in [7, 11) is 5.95. The smallest absolute Gasteiger partial charge is 0.306 e. The van der Waals surface area contributed by atoms with E-state index in [0.717, 1.165) is 64.2 Å². The zero-order valence-corrected chi connectivity index (χ0v) is 61.0. The van der Waals surface area contributed by atoms with Crippen LogP contribution in [0.15, 0.2) is 60.8 Å². The first kappa shape index (κ1) is 88.0. The fraction of sp³-hybridized carbons (Fsp3) is 0.841. The van der Waals surface area contributed by atoms with Crippen molar-refractivity contribution >= 4 is 17.9 Å². The van der Waals surface area contributed by atoms with Crippen molar-refractivity contribution in [3.05, 3.63) is 60.8 Å². The van der Waals surface area contributed by atoms with Gasteiger partial charge in [-0.15, -0.1) is 0 Å². The highest BCUT2D eigenvalue weighted by atomic mass is 16.7. The molecule has 0 aliphatic heterocycles. The van der Waals surface area contributed by atoms with Crippen LogP contribution in [0.5, 0.6) is 0 Å². The van der Waals surface area contributed by atoms with Crippen LogP contribution in [0.4, 0.5) is 0 Å². The molecule has 0 aromatic heterocycles. The van der Waals surface area contributed by atoms with Crippen LogP contribution in [0.3, 0.4) is 0 Å². The summed E-state index contributed by atoms with van der Waals surface area (Å²) in [6.45, 7) is 4.70. The largest absolute Gasteiger partial charge is 0.545 e. The van der Waals surface area contributed by atoms with Crippen molar-refractivity contribution < 1.29 is 42.9 Å². The zero-order chi connectivity index (χ0) is 66.1. The number of hydrogen-bond donors (Lipinski definition) is 0. The molecule has 0 aromatic carbocycles. The molecule has 9 nitrogen and oxygen atoms in total. The second kappa shape index (κ2) is 72.8. The topological polar surface area (TPSA) is 111 Å². The molecule has 0 aliphatic rings. The van der Waals surface area contributed by atoms with Crippen molar-refractivity contribution in [1.29, 1.82) is 0 Å². The lowest BCUT2D eigenvalue weighted by Crippen LogP contribution is -2.44. The summed E-state index contributed by atoms with van der Waals surface area (Å²) in [4.78, 5) is 37.6. The van der Waals surface area contributed by atoms with Gasteiger partial charge in [0.2, 0.25) is 0 Å². The van der Waals surface area contributed by atoms with E-state index in [0.29, 0.717) is 17.4 Å². The third-order valence-corrected chi connectivity index (χ3v) is 17.7. The highest BCUT2D eigenvalue weighted by Crippen LogP contribution is 2.19. The molecule has 0 aromatic rings. The average Bonchev–Trinajstić information content (AvgIpc) is 3.46. The molecule has 0 aliphatic carbocycles. The molecule has 0 saturated carbocycles. The predicted octanol–water partition coefficient (Wildman–Crippen LogP) is 23.7. The number of esters is 2. The van der Waals surface area contributed by atoms with Gasteiger partial charge in [0.15, 0.2) is 12.4 Å². The van der Waals surface area contributed by atoms with Gasteiger partial charge >= 0.3 is 11.9 Å².